The summed E-state index contributed by atoms with van der Waals surface area (Å²) in [5, 5.41) is 3.04. The number of hydrogen-bond donors (Lipinski definition) is 1. The predicted molar refractivity (Wildman–Crippen MR) is 125 cm³/mol. The molecule has 2 heterocycles. The van der Waals surface area contributed by atoms with E-state index in [4.69, 9.17) is 10.5 Å². The van der Waals surface area contributed by atoms with E-state index < -0.39 is 0 Å². The lowest BCUT2D eigenvalue weighted by Gasteiger charge is -2.24. The molecule has 2 N–H and O–H groups in total. The Labute approximate surface area is 188 Å². The highest BCUT2D eigenvalue weighted by atomic mass is 16.5. The number of likely N-dealkylation sites (tertiary alicyclic amines) is 1. The molecule has 1 aliphatic rings. The summed E-state index contributed by atoms with van der Waals surface area (Å²) >= 11 is 0. The molecule has 1 aromatic heterocycles. The SMILES string of the molecule is CCC[C@@H](C)Oc1nc(N)c(N=O)c(N(CC=O)Cc2cccc(CN3CCCC3)c2)n1. The fourth-order valence-electron chi connectivity index (χ4n) is 4.01. The number of ether oxygens (including phenoxy) is 1. The minimum Gasteiger partial charge on any atom is -0.460 e. The van der Waals surface area contributed by atoms with E-state index in [1.165, 1.54) is 18.4 Å². The van der Waals surface area contributed by atoms with Gasteiger partial charge in [0, 0.05) is 13.1 Å². The van der Waals surface area contributed by atoms with Crippen molar-refractivity contribution in [2.75, 3.05) is 30.3 Å². The molecule has 0 unspecified atom stereocenters. The molecular formula is C23H32N6O3. The fourth-order valence-corrected chi connectivity index (χ4v) is 4.01. The molecule has 1 aromatic carbocycles. The topological polar surface area (TPSA) is 114 Å². The summed E-state index contributed by atoms with van der Waals surface area (Å²) in [4.78, 5) is 35.6. The minimum atomic E-state index is -0.107. The average molecular weight is 441 g/mol. The third-order valence-electron chi connectivity index (χ3n) is 5.53. The second-order valence-electron chi connectivity index (χ2n) is 8.22. The molecule has 0 spiro atoms. The van der Waals surface area contributed by atoms with Gasteiger partial charge in [0.15, 0.2) is 17.3 Å². The first-order valence-corrected chi connectivity index (χ1v) is 11.2. The lowest BCUT2D eigenvalue weighted by molar-refractivity contribution is -0.106. The van der Waals surface area contributed by atoms with Crippen LogP contribution >= 0.6 is 0 Å². The molecule has 0 bridgehead atoms. The number of benzene rings is 1. The molecule has 0 aliphatic carbocycles. The van der Waals surface area contributed by atoms with Gasteiger partial charge in [0.05, 0.1) is 12.6 Å². The van der Waals surface area contributed by atoms with Gasteiger partial charge in [0.2, 0.25) is 0 Å². The van der Waals surface area contributed by atoms with Crippen molar-refractivity contribution in [3.63, 3.8) is 0 Å². The molecule has 172 valence electrons. The first-order chi connectivity index (χ1) is 15.5. The number of anilines is 2. The third kappa shape index (κ3) is 6.23. The number of hydrogen-bond acceptors (Lipinski definition) is 9. The number of nitrogen functional groups attached to an aromatic ring is 1. The number of nitrogens with two attached hydrogens (primary N) is 1. The molecule has 0 amide bonds. The number of rotatable bonds is 12. The van der Waals surface area contributed by atoms with Gasteiger partial charge in [-0.2, -0.15) is 9.97 Å². The van der Waals surface area contributed by atoms with Gasteiger partial charge in [-0.3, -0.25) is 4.90 Å². The Kier molecular flexibility index (Phi) is 8.49. The van der Waals surface area contributed by atoms with Gasteiger partial charge in [-0.15, -0.1) is 4.91 Å². The summed E-state index contributed by atoms with van der Waals surface area (Å²) < 4.78 is 5.78. The van der Waals surface area contributed by atoms with E-state index in [2.05, 4.69) is 39.1 Å². The summed E-state index contributed by atoms with van der Waals surface area (Å²) in [5.74, 6) is 0.130. The van der Waals surface area contributed by atoms with Crippen molar-refractivity contribution in [2.45, 2.75) is 58.7 Å². The molecule has 1 aliphatic heterocycles. The number of carbonyl (C=O) groups is 1. The molecule has 1 fully saturated rings. The molecule has 3 rings (SSSR count). The maximum Gasteiger partial charge on any atom is 0.320 e. The van der Waals surface area contributed by atoms with Gasteiger partial charge >= 0.3 is 6.01 Å². The fraction of sp³-hybridized carbons (Fsp3) is 0.522. The van der Waals surface area contributed by atoms with Crippen LogP contribution in [0.25, 0.3) is 0 Å². The molecule has 1 atom stereocenters. The Bertz CT molecular complexity index is 917. The van der Waals surface area contributed by atoms with E-state index in [1.807, 2.05) is 19.1 Å². The molecule has 2 aromatic rings. The Balaban J connectivity index is 1.86. The van der Waals surface area contributed by atoms with Crippen molar-refractivity contribution < 1.29 is 9.53 Å². The zero-order chi connectivity index (χ0) is 22.9. The Morgan fingerprint density at radius 1 is 1.28 bits per heavy atom. The highest BCUT2D eigenvalue weighted by Crippen LogP contribution is 2.34. The standard InChI is InChI=1S/C23H32N6O3/c1-3-7-17(2)32-23-25-21(24)20(27-31)22(26-23)29(12-13-30)16-19-9-6-8-18(14-19)15-28-10-4-5-11-28/h6,8-9,13-14,17H,3-5,7,10-12,15-16H2,1-2H3,(H2,24,25,26)/t17-/m1/s1. The van der Waals surface area contributed by atoms with E-state index in [9.17, 15) is 9.70 Å². The number of aromatic nitrogens is 2. The van der Waals surface area contributed by atoms with E-state index in [-0.39, 0.29) is 36.0 Å². The summed E-state index contributed by atoms with van der Waals surface area (Å²) in [6, 6.07) is 8.30. The van der Waals surface area contributed by atoms with Crippen LogP contribution in [0, 0.1) is 4.91 Å². The lowest BCUT2D eigenvalue weighted by atomic mass is 10.1. The Morgan fingerprint density at radius 2 is 2.03 bits per heavy atom. The average Bonchev–Trinajstić information content (AvgIpc) is 3.26. The zero-order valence-corrected chi connectivity index (χ0v) is 18.9. The van der Waals surface area contributed by atoms with Crippen molar-refractivity contribution in [1.82, 2.24) is 14.9 Å². The first kappa shape index (κ1) is 23.6. The number of nitrogens with zero attached hydrogens (tertiary/aromatic N) is 5. The molecule has 32 heavy (non-hydrogen) atoms. The lowest BCUT2D eigenvalue weighted by Crippen LogP contribution is -2.27. The van der Waals surface area contributed by atoms with E-state index >= 15 is 0 Å². The monoisotopic (exact) mass is 440 g/mol. The second-order valence-corrected chi connectivity index (χ2v) is 8.22. The summed E-state index contributed by atoms with van der Waals surface area (Å²) in [6.07, 6.45) is 4.91. The highest BCUT2D eigenvalue weighted by molar-refractivity contribution is 5.75. The van der Waals surface area contributed by atoms with Crippen LogP contribution in [0.5, 0.6) is 6.01 Å². The summed E-state index contributed by atoms with van der Waals surface area (Å²) in [7, 11) is 0. The Hall–Kier alpha value is -3.07. The van der Waals surface area contributed by atoms with Crippen molar-refractivity contribution in [1.29, 1.82) is 0 Å². The van der Waals surface area contributed by atoms with Crippen molar-refractivity contribution in [2.24, 2.45) is 5.18 Å². The highest BCUT2D eigenvalue weighted by Gasteiger charge is 2.21. The van der Waals surface area contributed by atoms with Gasteiger partial charge in [0.1, 0.15) is 6.29 Å². The van der Waals surface area contributed by atoms with Crippen molar-refractivity contribution in [3.05, 3.63) is 40.3 Å². The summed E-state index contributed by atoms with van der Waals surface area (Å²) in [5.41, 5.74) is 8.10. The number of aldehydes is 1. The zero-order valence-electron chi connectivity index (χ0n) is 18.9. The van der Waals surface area contributed by atoms with E-state index in [0.29, 0.717) is 6.54 Å². The minimum absolute atomic E-state index is 0.0271. The molecule has 0 radical (unpaired) electrons. The second kappa shape index (κ2) is 11.5. The molecular weight excluding hydrogens is 408 g/mol. The number of nitroso groups, excluding NO2 is 1. The van der Waals surface area contributed by atoms with Crippen molar-refractivity contribution >= 4 is 23.6 Å². The molecule has 0 saturated carbocycles. The first-order valence-electron chi connectivity index (χ1n) is 11.2. The van der Waals surface area contributed by atoms with Crippen LogP contribution in [0.3, 0.4) is 0 Å². The maximum atomic E-state index is 11.5. The van der Waals surface area contributed by atoms with Crippen LogP contribution < -0.4 is 15.4 Å². The third-order valence-corrected chi connectivity index (χ3v) is 5.53. The van der Waals surface area contributed by atoms with Gasteiger partial charge < -0.3 is 20.2 Å². The van der Waals surface area contributed by atoms with Crippen LogP contribution in [0.1, 0.15) is 50.7 Å². The summed E-state index contributed by atoms with van der Waals surface area (Å²) in [6.45, 7) is 7.52. The van der Waals surface area contributed by atoms with Crippen molar-refractivity contribution in [3.8, 4) is 6.01 Å². The molecule has 1 saturated heterocycles. The number of carbonyl (C=O) groups excluding carboxylic acids is 1. The molecule has 9 heteroatoms. The molecule has 9 nitrogen and oxygen atoms in total. The van der Waals surface area contributed by atoms with Gasteiger partial charge in [-0.25, -0.2) is 0 Å². The van der Waals surface area contributed by atoms with Crippen LogP contribution in [0.4, 0.5) is 17.3 Å². The van der Waals surface area contributed by atoms with Crippen LogP contribution in [-0.2, 0) is 17.9 Å². The van der Waals surface area contributed by atoms with E-state index in [1.54, 1.807) is 4.90 Å². The quantitative estimate of drug-likeness (QED) is 0.391. The van der Waals surface area contributed by atoms with Gasteiger partial charge in [0.25, 0.3) is 0 Å². The van der Waals surface area contributed by atoms with E-state index in [0.717, 1.165) is 44.3 Å². The normalized spacial score (nSPS) is 14.8. The van der Waals surface area contributed by atoms with Crippen LogP contribution in [0.2, 0.25) is 0 Å². The van der Waals surface area contributed by atoms with Gasteiger partial charge in [-0.05, 0) is 55.6 Å². The van der Waals surface area contributed by atoms with Gasteiger partial charge in [-0.1, -0.05) is 37.6 Å². The van der Waals surface area contributed by atoms with Crippen LogP contribution in [-0.4, -0.2) is 46.9 Å². The largest absolute Gasteiger partial charge is 0.460 e. The smallest absolute Gasteiger partial charge is 0.320 e. The Morgan fingerprint density at radius 3 is 2.72 bits per heavy atom. The maximum absolute atomic E-state index is 11.5. The predicted octanol–water partition coefficient (Wildman–Crippen LogP) is 3.83. The van der Waals surface area contributed by atoms with Crippen LogP contribution in [0.15, 0.2) is 29.4 Å².